The van der Waals surface area contributed by atoms with E-state index in [0.29, 0.717) is 5.88 Å². The molecule has 88 valence electrons. The van der Waals surface area contributed by atoms with Crippen LogP contribution in [0, 0.1) is 12.8 Å². The van der Waals surface area contributed by atoms with E-state index in [9.17, 15) is 4.79 Å². The maximum atomic E-state index is 11.9. The van der Waals surface area contributed by atoms with Crippen molar-refractivity contribution in [3.63, 3.8) is 0 Å². The predicted octanol–water partition coefficient (Wildman–Crippen LogP) is 1.44. The highest BCUT2D eigenvalue weighted by atomic mass is 16.5. The number of nitrogens with zero attached hydrogens (tertiary/aromatic N) is 1. The summed E-state index contributed by atoms with van der Waals surface area (Å²) in [5, 5.41) is 6.44. The van der Waals surface area contributed by atoms with Gasteiger partial charge in [0, 0.05) is 18.0 Å². The van der Waals surface area contributed by atoms with E-state index >= 15 is 0 Å². The second kappa shape index (κ2) is 4.65. The lowest BCUT2D eigenvalue weighted by molar-refractivity contribution is -0.121. The number of rotatable bonds is 2. The number of carbonyl (C=O) groups is 1. The van der Waals surface area contributed by atoms with Crippen LogP contribution in [0.1, 0.15) is 31.4 Å². The van der Waals surface area contributed by atoms with Crippen molar-refractivity contribution in [2.75, 3.05) is 5.32 Å². The van der Waals surface area contributed by atoms with E-state index in [2.05, 4.69) is 10.5 Å². The van der Waals surface area contributed by atoms with Crippen LogP contribution in [0.3, 0.4) is 0 Å². The van der Waals surface area contributed by atoms with Crippen molar-refractivity contribution >= 4 is 11.8 Å². The molecule has 0 radical (unpaired) electrons. The zero-order valence-corrected chi connectivity index (χ0v) is 9.40. The van der Waals surface area contributed by atoms with Gasteiger partial charge in [-0.15, -0.1) is 0 Å². The molecule has 1 aliphatic rings. The van der Waals surface area contributed by atoms with Gasteiger partial charge < -0.3 is 10.3 Å². The highest BCUT2D eigenvalue weighted by Gasteiger charge is 2.25. The maximum Gasteiger partial charge on any atom is 0.231 e. The lowest BCUT2D eigenvalue weighted by Gasteiger charge is -2.25. The van der Waals surface area contributed by atoms with Crippen LogP contribution in [0.5, 0.6) is 0 Å². The number of nitrogens with one attached hydrogen (secondary N) is 1. The molecule has 1 fully saturated rings. The van der Waals surface area contributed by atoms with Crippen LogP contribution >= 0.6 is 0 Å². The first-order valence-electron chi connectivity index (χ1n) is 5.65. The van der Waals surface area contributed by atoms with Crippen molar-refractivity contribution in [2.24, 2.45) is 11.7 Å². The fourth-order valence-electron chi connectivity index (χ4n) is 2.11. The van der Waals surface area contributed by atoms with E-state index in [1.165, 1.54) is 0 Å². The number of anilines is 1. The molecule has 1 heterocycles. The molecule has 1 amide bonds. The summed E-state index contributed by atoms with van der Waals surface area (Å²) in [6.45, 7) is 1.82. The van der Waals surface area contributed by atoms with Gasteiger partial charge in [0.2, 0.25) is 11.8 Å². The van der Waals surface area contributed by atoms with Crippen LogP contribution in [0.15, 0.2) is 10.6 Å². The summed E-state index contributed by atoms with van der Waals surface area (Å²) < 4.78 is 4.94. The predicted molar refractivity (Wildman–Crippen MR) is 59.8 cm³/mol. The summed E-state index contributed by atoms with van der Waals surface area (Å²) in [5.41, 5.74) is 6.60. The average Bonchev–Trinajstić information content (AvgIpc) is 2.64. The Balaban J connectivity index is 1.92. The molecule has 0 aliphatic heterocycles. The normalized spacial score (nSPS) is 25.4. The van der Waals surface area contributed by atoms with Crippen LogP contribution in [0.2, 0.25) is 0 Å². The standard InChI is InChI=1S/C11H17N3O2/c1-7-5-10(16-14-7)13-11(15)8-3-2-4-9(12)6-8/h5,8-9H,2-4,6,12H2,1H3,(H,13,15). The Labute approximate surface area is 94.4 Å². The van der Waals surface area contributed by atoms with Gasteiger partial charge in [0.05, 0.1) is 5.69 Å². The van der Waals surface area contributed by atoms with Gasteiger partial charge in [-0.2, -0.15) is 0 Å². The minimum absolute atomic E-state index is 0.00806. The summed E-state index contributed by atoms with van der Waals surface area (Å²) in [6, 6.07) is 1.86. The van der Waals surface area contributed by atoms with Crippen LogP contribution in [0.4, 0.5) is 5.88 Å². The van der Waals surface area contributed by atoms with Gasteiger partial charge in [-0.05, 0) is 26.2 Å². The molecule has 1 saturated carbocycles. The van der Waals surface area contributed by atoms with Crippen molar-refractivity contribution in [1.29, 1.82) is 0 Å². The second-order valence-electron chi connectivity index (χ2n) is 4.45. The SMILES string of the molecule is Cc1cc(NC(=O)C2CCCC(N)C2)on1. The Kier molecular flexibility index (Phi) is 3.24. The smallest absolute Gasteiger partial charge is 0.231 e. The molecule has 16 heavy (non-hydrogen) atoms. The zero-order chi connectivity index (χ0) is 11.5. The van der Waals surface area contributed by atoms with Crippen molar-refractivity contribution in [3.8, 4) is 0 Å². The fraction of sp³-hybridized carbons (Fsp3) is 0.636. The third-order valence-electron chi connectivity index (χ3n) is 2.96. The Morgan fingerprint density at radius 3 is 3.06 bits per heavy atom. The van der Waals surface area contributed by atoms with E-state index in [-0.39, 0.29) is 17.9 Å². The van der Waals surface area contributed by atoms with Crippen LogP contribution < -0.4 is 11.1 Å². The van der Waals surface area contributed by atoms with Crippen molar-refractivity contribution in [1.82, 2.24) is 5.16 Å². The number of nitrogens with two attached hydrogens (primary N) is 1. The van der Waals surface area contributed by atoms with Gasteiger partial charge in [-0.3, -0.25) is 10.1 Å². The third-order valence-corrected chi connectivity index (χ3v) is 2.96. The Morgan fingerprint density at radius 1 is 1.62 bits per heavy atom. The van der Waals surface area contributed by atoms with Gasteiger partial charge in [-0.25, -0.2) is 0 Å². The number of aromatic nitrogens is 1. The largest absolute Gasteiger partial charge is 0.338 e. The summed E-state index contributed by atoms with van der Waals surface area (Å²) in [7, 11) is 0. The molecule has 2 rings (SSSR count). The number of aryl methyl sites for hydroxylation is 1. The molecule has 0 bridgehead atoms. The van der Waals surface area contributed by atoms with E-state index in [4.69, 9.17) is 10.3 Å². The molecule has 3 N–H and O–H groups in total. The Bertz CT molecular complexity index is 375. The second-order valence-corrected chi connectivity index (χ2v) is 4.45. The quantitative estimate of drug-likeness (QED) is 0.794. The third kappa shape index (κ3) is 2.61. The summed E-state index contributed by atoms with van der Waals surface area (Å²) in [6.07, 6.45) is 3.71. The van der Waals surface area contributed by atoms with Crippen LogP contribution in [0.25, 0.3) is 0 Å². The van der Waals surface area contributed by atoms with Gasteiger partial charge in [0.1, 0.15) is 0 Å². The summed E-state index contributed by atoms with van der Waals surface area (Å²) >= 11 is 0. The molecular formula is C11H17N3O2. The van der Waals surface area contributed by atoms with E-state index in [1.54, 1.807) is 6.07 Å². The number of hydrogen-bond acceptors (Lipinski definition) is 4. The number of carbonyl (C=O) groups excluding carboxylic acids is 1. The summed E-state index contributed by atoms with van der Waals surface area (Å²) in [5.74, 6) is 0.419. The van der Waals surface area contributed by atoms with Crippen LogP contribution in [-0.2, 0) is 4.79 Å². The van der Waals surface area contributed by atoms with Crippen LogP contribution in [-0.4, -0.2) is 17.1 Å². The lowest BCUT2D eigenvalue weighted by Crippen LogP contribution is -2.34. The minimum atomic E-state index is -0.00806. The average molecular weight is 223 g/mol. The fourth-order valence-corrected chi connectivity index (χ4v) is 2.11. The lowest BCUT2D eigenvalue weighted by atomic mass is 9.85. The molecular weight excluding hydrogens is 206 g/mol. The van der Waals surface area contributed by atoms with E-state index in [1.807, 2.05) is 6.92 Å². The molecule has 0 saturated heterocycles. The van der Waals surface area contributed by atoms with Gasteiger partial charge >= 0.3 is 0 Å². The van der Waals surface area contributed by atoms with Crippen molar-refractivity contribution in [2.45, 2.75) is 38.6 Å². The first kappa shape index (κ1) is 11.1. The minimum Gasteiger partial charge on any atom is -0.338 e. The monoisotopic (exact) mass is 223 g/mol. The first-order valence-corrected chi connectivity index (χ1v) is 5.65. The summed E-state index contributed by atoms with van der Waals surface area (Å²) in [4.78, 5) is 11.9. The molecule has 0 spiro atoms. The molecule has 0 aromatic carbocycles. The molecule has 1 aliphatic carbocycles. The maximum absolute atomic E-state index is 11.9. The van der Waals surface area contributed by atoms with E-state index in [0.717, 1.165) is 31.4 Å². The highest BCUT2D eigenvalue weighted by Crippen LogP contribution is 2.24. The molecule has 5 heteroatoms. The zero-order valence-electron chi connectivity index (χ0n) is 9.40. The number of hydrogen-bond donors (Lipinski definition) is 2. The van der Waals surface area contributed by atoms with Crippen molar-refractivity contribution < 1.29 is 9.32 Å². The van der Waals surface area contributed by atoms with Gasteiger partial charge in [0.15, 0.2) is 0 Å². The first-order chi connectivity index (χ1) is 7.65. The number of amides is 1. The highest BCUT2D eigenvalue weighted by molar-refractivity contribution is 5.91. The molecule has 2 atom stereocenters. The molecule has 1 aromatic heterocycles. The topological polar surface area (TPSA) is 81.2 Å². The molecule has 1 aromatic rings. The van der Waals surface area contributed by atoms with Gasteiger partial charge in [-0.1, -0.05) is 11.6 Å². The molecule has 2 unspecified atom stereocenters. The Morgan fingerprint density at radius 2 is 2.44 bits per heavy atom. The van der Waals surface area contributed by atoms with E-state index < -0.39 is 0 Å². The molecule has 5 nitrogen and oxygen atoms in total. The van der Waals surface area contributed by atoms with Gasteiger partial charge in [0.25, 0.3) is 0 Å². The Hall–Kier alpha value is -1.36. The van der Waals surface area contributed by atoms with Crippen molar-refractivity contribution in [3.05, 3.63) is 11.8 Å².